The Morgan fingerprint density at radius 2 is 2.14 bits per heavy atom. The lowest BCUT2D eigenvalue weighted by Gasteiger charge is -2.12. The molecule has 1 unspecified atom stereocenters. The molecular formula is C8H13NO5. The average Bonchev–Trinajstić information content (AvgIpc) is 2.16. The zero-order valence-electron chi connectivity index (χ0n) is 8.11. The summed E-state index contributed by atoms with van der Waals surface area (Å²) in [5, 5.41) is 2.20. The van der Waals surface area contributed by atoms with E-state index in [4.69, 9.17) is 0 Å². The molecule has 1 amide bonds. The van der Waals surface area contributed by atoms with Crippen molar-refractivity contribution in [3.63, 3.8) is 0 Å². The smallest absolute Gasteiger partial charge is 0.407 e. The fourth-order valence-electron chi connectivity index (χ4n) is 0.768. The van der Waals surface area contributed by atoms with Gasteiger partial charge in [0.15, 0.2) is 0 Å². The van der Waals surface area contributed by atoms with Crippen LogP contribution in [0, 0.1) is 0 Å². The molecule has 0 heterocycles. The number of carbonyl (C=O) groups is 3. The number of esters is 1. The van der Waals surface area contributed by atoms with E-state index in [1.54, 1.807) is 6.92 Å². The number of methoxy groups -OCH3 is 1. The molecule has 0 rings (SSSR count). The summed E-state index contributed by atoms with van der Waals surface area (Å²) in [5.41, 5.74) is 0. The number of aldehydes is 1. The van der Waals surface area contributed by atoms with Crippen LogP contribution in [0.1, 0.15) is 13.3 Å². The number of rotatable bonds is 5. The lowest BCUT2D eigenvalue weighted by Crippen LogP contribution is -2.42. The zero-order valence-corrected chi connectivity index (χ0v) is 8.11. The summed E-state index contributed by atoms with van der Waals surface area (Å²) in [6.45, 7) is 1.83. The predicted octanol–water partition coefficient (Wildman–Crippen LogP) is -0.137. The first-order chi connectivity index (χ1) is 6.65. The average molecular weight is 203 g/mol. The molecule has 0 spiro atoms. The lowest BCUT2D eigenvalue weighted by atomic mass is 10.2. The molecule has 80 valence electrons. The standard InChI is InChI=1S/C8H13NO5/c1-3-14-8(12)9-6(4-5-10)7(11)13-2/h5-6H,3-4H2,1-2H3,(H,9,12). The molecule has 1 atom stereocenters. The highest BCUT2D eigenvalue weighted by atomic mass is 16.6. The van der Waals surface area contributed by atoms with Gasteiger partial charge in [-0.05, 0) is 6.92 Å². The van der Waals surface area contributed by atoms with E-state index in [1.165, 1.54) is 7.11 Å². The molecule has 6 heteroatoms. The highest BCUT2D eigenvalue weighted by molar-refractivity contribution is 5.83. The summed E-state index contributed by atoms with van der Waals surface area (Å²) in [6, 6.07) is -0.975. The van der Waals surface area contributed by atoms with E-state index in [2.05, 4.69) is 14.8 Å². The molecule has 0 bridgehead atoms. The van der Waals surface area contributed by atoms with E-state index in [1.807, 2.05) is 0 Å². The van der Waals surface area contributed by atoms with Crippen LogP contribution in [0.25, 0.3) is 0 Å². The van der Waals surface area contributed by atoms with Crippen LogP contribution in [0.5, 0.6) is 0 Å². The van der Waals surface area contributed by atoms with Gasteiger partial charge in [-0.25, -0.2) is 9.59 Å². The number of hydrogen-bond acceptors (Lipinski definition) is 5. The quantitative estimate of drug-likeness (QED) is 0.497. The first-order valence-corrected chi connectivity index (χ1v) is 4.10. The Balaban J connectivity index is 4.14. The summed E-state index contributed by atoms with van der Waals surface area (Å²) < 4.78 is 8.92. The highest BCUT2D eigenvalue weighted by Crippen LogP contribution is 1.93. The van der Waals surface area contributed by atoms with Gasteiger partial charge >= 0.3 is 12.1 Å². The van der Waals surface area contributed by atoms with E-state index in [9.17, 15) is 14.4 Å². The maximum atomic E-state index is 11.0. The molecule has 0 fully saturated rings. The molecule has 0 aromatic rings. The van der Waals surface area contributed by atoms with Crippen molar-refractivity contribution in [3.8, 4) is 0 Å². The van der Waals surface area contributed by atoms with E-state index in [-0.39, 0.29) is 13.0 Å². The van der Waals surface area contributed by atoms with E-state index >= 15 is 0 Å². The monoisotopic (exact) mass is 203 g/mol. The predicted molar refractivity (Wildman–Crippen MR) is 46.6 cm³/mol. The summed E-state index contributed by atoms with van der Waals surface area (Å²) >= 11 is 0. The summed E-state index contributed by atoms with van der Waals surface area (Å²) in [5.74, 6) is -0.676. The molecule has 1 N–H and O–H groups in total. The van der Waals surface area contributed by atoms with Gasteiger partial charge in [-0.3, -0.25) is 0 Å². The molecule has 0 aliphatic rings. The van der Waals surface area contributed by atoms with Crippen LogP contribution in [-0.2, 0) is 19.1 Å². The van der Waals surface area contributed by atoms with Gasteiger partial charge in [0.05, 0.1) is 13.7 Å². The van der Waals surface area contributed by atoms with Gasteiger partial charge in [0.1, 0.15) is 12.3 Å². The fraction of sp³-hybridized carbons (Fsp3) is 0.625. The van der Waals surface area contributed by atoms with Crippen LogP contribution in [0.15, 0.2) is 0 Å². The van der Waals surface area contributed by atoms with Crippen LogP contribution in [0.2, 0.25) is 0 Å². The normalized spacial score (nSPS) is 11.3. The Kier molecular flexibility index (Phi) is 6.09. The summed E-state index contributed by atoms with van der Waals surface area (Å²) in [6.07, 6.45) is -0.357. The van der Waals surface area contributed by atoms with Crippen LogP contribution < -0.4 is 5.32 Å². The number of ether oxygens (including phenoxy) is 2. The van der Waals surface area contributed by atoms with Crippen molar-refractivity contribution in [1.29, 1.82) is 0 Å². The Labute approximate surface area is 81.6 Å². The third-order valence-electron chi connectivity index (χ3n) is 1.39. The topological polar surface area (TPSA) is 81.7 Å². The van der Waals surface area contributed by atoms with Gasteiger partial charge in [-0.2, -0.15) is 0 Å². The molecule has 0 aliphatic heterocycles. The van der Waals surface area contributed by atoms with Gasteiger partial charge in [-0.15, -0.1) is 0 Å². The van der Waals surface area contributed by atoms with E-state index in [0.29, 0.717) is 6.29 Å². The SMILES string of the molecule is CCOC(=O)NC(CC=O)C(=O)OC. The minimum Gasteiger partial charge on any atom is -0.467 e. The molecular weight excluding hydrogens is 190 g/mol. The minimum atomic E-state index is -0.975. The van der Waals surface area contributed by atoms with Crippen molar-refractivity contribution in [2.75, 3.05) is 13.7 Å². The Hall–Kier alpha value is -1.59. The summed E-state index contributed by atoms with van der Waals surface area (Å²) in [4.78, 5) is 32.1. The number of nitrogens with one attached hydrogen (secondary N) is 1. The molecule has 0 radical (unpaired) electrons. The number of alkyl carbamates (subject to hydrolysis) is 1. The van der Waals surface area contributed by atoms with Crippen molar-refractivity contribution in [1.82, 2.24) is 5.32 Å². The van der Waals surface area contributed by atoms with E-state index in [0.717, 1.165) is 0 Å². The number of carbonyl (C=O) groups excluding carboxylic acids is 3. The second-order valence-electron chi connectivity index (χ2n) is 2.34. The molecule has 0 aromatic carbocycles. The second-order valence-corrected chi connectivity index (χ2v) is 2.34. The van der Waals surface area contributed by atoms with Gasteiger partial charge in [0.2, 0.25) is 0 Å². The van der Waals surface area contributed by atoms with Gasteiger partial charge in [-0.1, -0.05) is 0 Å². The third-order valence-corrected chi connectivity index (χ3v) is 1.39. The molecule has 0 saturated heterocycles. The van der Waals surface area contributed by atoms with Crippen molar-refractivity contribution in [2.24, 2.45) is 0 Å². The molecule has 0 aromatic heterocycles. The van der Waals surface area contributed by atoms with Crippen molar-refractivity contribution in [2.45, 2.75) is 19.4 Å². The maximum absolute atomic E-state index is 11.0. The van der Waals surface area contributed by atoms with Crippen molar-refractivity contribution < 1.29 is 23.9 Å². The summed E-state index contributed by atoms with van der Waals surface area (Å²) in [7, 11) is 1.17. The van der Waals surface area contributed by atoms with Crippen LogP contribution in [-0.4, -0.2) is 38.1 Å². The van der Waals surface area contributed by atoms with Crippen LogP contribution in [0.3, 0.4) is 0 Å². The van der Waals surface area contributed by atoms with Gasteiger partial charge in [0, 0.05) is 6.42 Å². The Morgan fingerprint density at radius 1 is 1.50 bits per heavy atom. The zero-order chi connectivity index (χ0) is 11.0. The first-order valence-electron chi connectivity index (χ1n) is 4.10. The fourth-order valence-corrected chi connectivity index (χ4v) is 0.768. The largest absolute Gasteiger partial charge is 0.467 e. The highest BCUT2D eigenvalue weighted by Gasteiger charge is 2.21. The van der Waals surface area contributed by atoms with Gasteiger partial charge in [0.25, 0.3) is 0 Å². The molecule has 14 heavy (non-hydrogen) atoms. The molecule has 0 aliphatic carbocycles. The second kappa shape index (κ2) is 6.88. The van der Waals surface area contributed by atoms with Crippen molar-refractivity contribution in [3.05, 3.63) is 0 Å². The van der Waals surface area contributed by atoms with E-state index < -0.39 is 18.1 Å². The maximum Gasteiger partial charge on any atom is 0.407 e. The third kappa shape index (κ3) is 4.44. The Morgan fingerprint density at radius 3 is 2.57 bits per heavy atom. The first kappa shape index (κ1) is 12.4. The Bertz CT molecular complexity index is 216. The molecule has 0 saturated carbocycles. The van der Waals surface area contributed by atoms with Gasteiger partial charge < -0.3 is 19.6 Å². The number of amides is 1. The van der Waals surface area contributed by atoms with Crippen LogP contribution in [0.4, 0.5) is 4.79 Å². The van der Waals surface area contributed by atoms with Crippen molar-refractivity contribution >= 4 is 18.3 Å². The van der Waals surface area contributed by atoms with Crippen LogP contribution >= 0.6 is 0 Å². The minimum absolute atomic E-state index is 0.133. The lowest BCUT2D eigenvalue weighted by molar-refractivity contribution is -0.143. The number of hydrogen-bond donors (Lipinski definition) is 1. The molecule has 6 nitrogen and oxygen atoms in total.